The van der Waals surface area contributed by atoms with Gasteiger partial charge in [0.15, 0.2) is 0 Å². The Bertz CT molecular complexity index is 459. The second kappa shape index (κ2) is 8.00. The van der Waals surface area contributed by atoms with Crippen molar-refractivity contribution in [2.24, 2.45) is 0 Å². The van der Waals surface area contributed by atoms with Crippen LogP contribution < -0.4 is 4.74 Å². The molecule has 5 nitrogen and oxygen atoms in total. The van der Waals surface area contributed by atoms with Crippen molar-refractivity contribution in [2.75, 3.05) is 53.0 Å². The van der Waals surface area contributed by atoms with E-state index in [0.29, 0.717) is 12.2 Å². The summed E-state index contributed by atoms with van der Waals surface area (Å²) in [6.07, 6.45) is 0. The van der Waals surface area contributed by atoms with Gasteiger partial charge in [-0.25, -0.2) is 0 Å². The fourth-order valence-corrected chi connectivity index (χ4v) is 2.32. The number of hydrogen-bond acceptors (Lipinski definition) is 4. The fourth-order valence-electron chi connectivity index (χ4n) is 2.32. The number of morpholine rings is 1. The summed E-state index contributed by atoms with van der Waals surface area (Å²) in [5.74, 6) is 0.773. The van der Waals surface area contributed by atoms with Gasteiger partial charge in [-0.1, -0.05) is 6.07 Å². The monoisotopic (exact) mass is 292 g/mol. The van der Waals surface area contributed by atoms with Crippen molar-refractivity contribution in [1.82, 2.24) is 9.80 Å². The molecular formula is C16H24N2O3. The number of hydrogen-bond donors (Lipinski definition) is 0. The van der Waals surface area contributed by atoms with Gasteiger partial charge in [-0.2, -0.15) is 0 Å². The third kappa shape index (κ3) is 4.72. The van der Waals surface area contributed by atoms with Crippen LogP contribution in [0.2, 0.25) is 0 Å². The van der Waals surface area contributed by atoms with Crippen LogP contribution in [0.5, 0.6) is 5.75 Å². The molecule has 1 amide bonds. The fraction of sp³-hybridized carbons (Fsp3) is 0.562. The molecule has 0 saturated carbocycles. The number of likely N-dealkylation sites (N-methyl/N-ethyl adjacent to an activating group) is 1. The van der Waals surface area contributed by atoms with Gasteiger partial charge in [-0.3, -0.25) is 9.69 Å². The highest BCUT2D eigenvalue weighted by molar-refractivity contribution is 5.94. The van der Waals surface area contributed by atoms with E-state index in [4.69, 9.17) is 9.47 Å². The van der Waals surface area contributed by atoms with Crippen molar-refractivity contribution >= 4 is 5.91 Å². The smallest absolute Gasteiger partial charge is 0.253 e. The largest absolute Gasteiger partial charge is 0.494 e. The Kier molecular flexibility index (Phi) is 6.02. The molecule has 0 radical (unpaired) electrons. The molecule has 2 rings (SSSR count). The van der Waals surface area contributed by atoms with Crippen LogP contribution in [0, 0.1) is 0 Å². The third-order valence-electron chi connectivity index (χ3n) is 3.59. The van der Waals surface area contributed by atoms with Crippen molar-refractivity contribution < 1.29 is 14.3 Å². The van der Waals surface area contributed by atoms with E-state index in [1.54, 1.807) is 11.0 Å². The number of ether oxygens (including phenoxy) is 2. The Balaban J connectivity index is 1.87. The standard InChI is InChI=1S/C16H24N2O3/c1-3-21-15-6-4-5-14(13-15)16(19)17(2)7-8-18-9-11-20-12-10-18/h4-6,13H,3,7-12H2,1-2H3. The van der Waals surface area contributed by atoms with Crippen LogP contribution in [-0.4, -0.2) is 68.8 Å². The Morgan fingerprint density at radius 2 is 2.14 bits per heavy atom. The Hall–Kier alpha value is -1.59. The molecule has 1 saturated heterocycles. The average Bonchev–Trinajstić information content (AvgIpc) is 2.53. The van der Waals surface area contributed by atoms with Crippen LogP contribution in [0.3, 0.4) is 0 Å². The summed E-state index contributed by atoms with van der Waals surface area (Å²) in [6.45, 7) is 7.60. The lowest BCUT2D eigenvalue weighted by Gasteiger charge is -2.28. The first-order chi connectivity index (χ1) is 10.2. The van der Waals surface area contributed by atoms with E-state index in [1.165, 1.54) is 0 Å². The molecule has 21 heavy (non-hydrogen) atoms. The zero-order chi connectivity index (χ0) is 15.1. The van der Waals surface area contributed by atoms with Crippen LogP contribution in [0.4, 0.5) is 0 Å². The van der Waals surface area contributed by atoms with E-state index in [0.717, 1.165) is 45.1 Å². The van der Waals surface area contributed by atoms with Gasteiger partial charge in [-0.15, -0.1) is 0 Å². The SMILES string of the molecule is CCOc1cccc(C(=O)N(C)CCN2CCOCC2)c1. The van der Waals surface area contributed by atoms with Crippen molar-refractivity contribution in [3.05, 3.63) is 29.8 Å². The molecule has 1 aliphatic heterocycles. The third-order valence-corrected chi connectivity index (χ3v) is 3.59. The molecule has 0 aliphatic carbocycles. The van der Waals surface area contributed by atoms with Gasteiger partial charge in [0.25, 0.3) is 5.91 Å². The minimum absolute atomic E-state index is 0.0322. The summed E-state index contributed by atoms with van der Waals surface area (Å²) in [4.78, 5) is 16.5. The van der Waals surface area contributed by atoms with Crippen LogP contribution >= 0.6 is 0 Å². The summed E-state index contributed by atoms with van der Waals surface area (Å²) in [5.41, 5.74) is 0.672. The molecule has 116 valence electrons. The molecule has 0 N–H and O–H groups in total. The maximum Gasteiger partial charge on any atom is 0.253 e. The zero-order valence-corrected chi connectivity index (χ0v) is 12.9. The van der Waals surface area contributed by atoms with Crippen LogP contribution in [-0.2, 0) is 4.74 Å². The van der Waals surface area contributed by atoms with E-state index < -0.39 is 0 Å². The van der Waals surface area contributed by atoms with Gasteiger partial charge < -0.3 is 14.4 Å². The summed E-state index contributed by atoms with van der Waals surface area (Å²) in [5, 5.41) is 0. The summed E-state index contributed by atoms with van der Waals surface area (Å²) in [7, 11) is 1.84. The highest BCUT2D eigenvalue weighted by Crippen LogP contribution is 2.14. The number of carbonyl (C=O) groups is 1. The van der Waals surface area contributed by atoms with E-state index in [-0.39, 0.29) is 5.91 Å². The molecule has 0 spiro atoms. The van der Waals surface area contributed by atoms with Crippen molar-refractivity contribution in [1.29, 1.82) is 0 Å². The quantitative estimate of drug-likeness (QED) is 0.796. The summed E-state index contributed by atoms with van der Waals surface area (Å²) >= 11 is 0. The van der Waals surface area contributed by atoms with Gasteiger partial charge in [0.2, 0.25) is 0 Å². The van der Waals surface area contributed by atoms with Gasteiger partial charge in [-0.05, 0) is 25.1 Å². The van der Waals surface area contributed by atoms with Gasteiger partial charge >= 0.3 is 0 Å². The van der Waals surface area contributed by atoms with E-state index >= 15 is 0 Å². The van der Waals surface area contributed by atoms with E-state index in [1.807, 2.05) is 32.2 Å². The number of amides is 1. The molecule has 1 aromatic carbocycles. The Morgan fingerprint density at radius 3 is 2.86 bits per heavy atom. The number of benzene rings is 1. The van der Waals surface area contributed by atoms with E-state index in [2.05, 4.69) is 4.90 Å². The second-order valence-electron chi connectivity index (χ2n) is 5.14. The first kappa shape index (κ1) is 15.8. The molecule has 1 fully saturated rings. The molecule has 5 heteroatoms. The first-order valence-corrected chi connectivity index (χ1v) is 7.49. The van der Waals surface area contributed by atoms with Crippen LogP contribution in [0.15, 0.2) is 24.3 Å². The van der Waals surface area contributed by atoms with Gasteiger partial charge in [0, 0.05) is 38.8 Å². The lowest BCUT2D eigenvalue weighted by molar-refractivity contribution is 0.0338. The first-order valence-electron chi connectivity index (χ1n) is 7.49. The molecule has 0 bridgehead atoms. The number of nitrogens with zero attached hydrogens (tertiary/aromatic N) is 2. The van der Waals surface area contributed by atoms with Crippen molar-refractivity contribution in [3.63, 3.8) is 0 Å². The maximum absolute atomic E-state index is 12.4. The number of rotatable bonds is 6. The second-order valence-corrected chi connectivity index (χ2v) is 5.14. The molecule has 1 heterocycles. The van der Waals surface area contributed by atoms with Crippen molar-refractivity contribution in [2.45, 2.75) is 6.92 Å². The minimum Gasteiger partial charge on any atom is -0.494 e. The molecule has 0 atom stereocenters. The van der Waals surface area contributed by atoms with Gasteiger partial charge in [0.05, 0.1) is 19.8 Å². The molecule has 0 aromatic heterocycles. The lowest BCUT2D eigenvalue weighted by atomic mass is 10.2. The average molecular weight is 292 g/mol. The van der Waals surface area contributed by atoms with Gasteiger partial charge in [0.1, 0.15) is 5.75 Å². The maximum atomic E-state index is 12.4. The van der Waals surface area contributed by atoms with Crippen LogP contribution in [0.25, 0.3) is 0 Å². The molecule has 1 aliphatic rings. The Labute approximate surface area is 126 Å². The summed E-state index contributed by atoms with van der Waals surface area (Å²) < 4.78 is 10.8. The van der Waals surface area contributed by atoms with Crippen molar-refractivity contribution in [3.8, 4) is 5.75 Å². The zero-order valence-electron chi connectivity index (χ0n) is 12.9. The normalized spacial score (nSPS) is 15.7. The molecule has 0 unspecified atom stereocenters. The predicted molar refractivity (Wildman–Crippen MR) is 81.8 cm³/mol. The highest BCUT2D eigenvalue weighted by Gasteiger charge is 2.15. The predicted octanol–water partition coefficient (Wildman–Crippen LogP) is 1.49. The topological polar surface area (TPSA) is 42.0 Å². The van der Waals surface area contributed by atoms with E-state index in [9.17, 15) is 4.79 Å². The minimum atomic E-state index is 0.0322. The number of carbonyl (C=O) groups excluding carboxylic acids is 1. The highest BCUT2D eigenvalue weighted by atomic mass is 16.5. The molecular weight excluding hydrogens is 268 g/mol. The van der Waals surface area contributed by atoms with Crippen LogP contribution in [0.1, 0.15) is 17.3 Å². The molecule has 1 aromatic rings. The lowest BCUT2D eigenvalue weighted by Crippen LogP contribution is -2.41. The Morgan fingerprint density at radius 1 is 1.38 bits per heavy atom. The summed E-state index contributed by atoms with van der Waals surface area (Å²) in [6, 6.07) is 7.36.